The van der Waals surface area contributed by atoms with E-state index in [9.17, 15) is 31.2 Å². The molecule has 1 fully saturated rings. The summed E-state index contributed by atoms with van der Waals surface area (Å²) in [6.45, 7) is 0. The van der Waals surface area contributed by atoms with Crippen molar-refractivity contribution in [3.8, 4) is 6.07 Å². The molecule has 0 heterocycles. The topological polar surface area (TPSA) is 92.1 Å². The van der Waals surface area contributed by atoms with E-state index in [0.29, 0.717) is 25.0 Å². The molecular formula is C15H12F3NO4S. The van der Waals surface area contributed by atoms with Gasteiger partial charge in [0.15, 0.2) is 27.3 Å². The Balaban J connectivity index is 2.54. The summed E-state index contributed by atoms with van der Waals surface area (Å²) < 4.78 is 62.5. The van der Waals surface area contributed by atoms with Gasteiger partial charge in [0.25, 0.3) is 0 Å². The number of ketones is 2. The maximum atomic E-state index is 13.2. The number of halogens is 3. The normalized spacial score (nSPS) is 16.3. The number of hydrogen-bond donors (Lipinski definition) is 0. The number of benzene rings is 1. The third kappa shape index (κ3) is 3.64. The molecule has 2 rings (SSSR count). The van der Waals surface area contributed by atoms with Crippen molar-refractivity contribution >= 4 is 21.4 Å². The van der Waals surface area contributed by atoms with E-state index in [1.807, 2.05) is 0 Å². The van der Waals surface area contributed by atoms with Crippen LogP contribution in [0, 0.1) is 23.2 Å². The van der Waals surface area contributed by atoms with Crippen LogP contribution in [0.15, 0.2) is 23.1 Å². The number of carbonyl (C=O) groups is 2. The molecule has 1 unspecified atom stereocenters. The second-order valence-electron chi connectivity index (χ2n) is 5.58. The number of sulfone groups is 1. The summed E-state index contributed by atoms with van der Waals surface area (Å²) in [5, 5.41) is 9.01. The molecule has 1 aromatic carbocycles. The van der Waals surface area contributed by atoms with E-state index < -0.39 is 55.4 Å². The molecule has 24 heavy (non-hydrogen) atoms. The standard InChI is InChI=1S/C15H12F3NO4S/c1-24(22,23)9-4-5-10(12(6-9)15(16,17)18)14(21)11(7-19)13(20)8-2-3-8/h4-6,8,11H,2-3H2,1H3. The fraction of sp³-hybridized carbons (Fsp3) is 0.400. The zero-order valence-corrected chi connectivity index (χ0v) is 13.2. The predicted octanol–water partition coefficient (Wildman–Crippen LogP) is 2.41. The highest BCUT2D eigenvalue weighted by Gasteiger charge is 2.42. The van der Waals surface area contributed by atoms with Crippen LogP contribution in [0.2, 0.25) is 0 Å². The van der Waals surface area contributed by atoms with Crippen molar-refractivity contribution in [2.24, 2.45) is 11.8 Å². The Morgan fingerprint density at radius 2 is 1.88 bits per heavy atom. The van der Waals surface area contributed by atoms with Gasteiger partial charge in [0.05, 0.1) is 16.5 Å². The van der Waals surface area contributed by atoms with Crippen molar-refractivity contribution in [3.05, 3.63) is 29.3 Å². The highest BCUT2D eigenvalue weighted by Crippen LogP contribution is 2.37. The Kier molecular flexibility index (Phi) is 4.55. The van der Waals surface area contributed by atoms with Crippen LogP contribution in [0.3, 0.4) is 0 Å². The van der Waals surface area contributed by atoms with Gasteiger partial charge in [-0.25, -0.2) is 8.42 Å². The van der Waals surface area contributed by atoms with Crippen LogP contribution < -0.4 is 0 Å². The fourth-order valence-corrected chi connectivity index (χ4v) is 2.86. The molecule has 0 amide bonds. The van der Waals surface area contributed by atoms with E-state index in [0.717, 1.165) is 12.3 Å². The van der Waals surface area contributed by atoms with Crippen molar-refractivity contribution in [2.45, 2.75) is 23.9 Å². The van der Waals surface area contributed by atoms with Crippen molar-refractivity contribution in [1.29, 1.82) is 5.26 Å². The molecule has 1 aliphatic carbocycles. The van der Waals surface area contributed by atoms with Gasteiger partial charge in [0.1, 0.15) is 0 Å². The van der Waals surface area contributed by atoms with Gasteiger partial charge in [0.2, 0.25) is 0 Å². The maximum Gasteiger partial charge on any atom is 0.417 e. The molecule has 5 nitrogen and oxygen atoms in total. The Morgan fingerprint density at radius 1 is 1.29 bits per heavy atom. The SMILES string of the molecule is CS(=O)(=O)c1ccc(C(=O)C(C#N)C(=O)C2CC2)c(C(F)(F)F)c1. The molecule has 128 valence electrons. The highest BCUT2D eigenvalue weighted by molar-refractivity contribution is 7.90. The predicted molar refractivity (Wildman–Crippen MR) is 75.7 cm³/mol. The van der Waals surface area contributed by atoms with E-state index >= 15 is 0 Å². The first-order chi connectivity index (χ1) is 11.0. The summed E-state index contributed by atoms with van der Waals surface area (Å²) in [6.07, 6.45) is -3.26. The molecule has 1 atom stereocenters. The lowest BCUT2D eigenvalue weighted by molar-refractivity contribution is -0.138. The molecular weight excluding hydrogens is 347 g/mol. The Hall–Kier alpha value is -2.21. The van der Waals surface area contributed by atoms with Crippen LogP contribution >= 0.6 is 0 Å². The molecule has 0 saturated heterocycles. The highest BCUT2D eigenvalue weighted by atomic mass is 32.2. The summed E-state index contributed by atoms with van der Waals surface area (Å²) in [4.78, 5) is 23.6. The van der Waals surface area contributed by atoms with E-state index in [-0.39, 0.29) is 0 Å². The number of carbonyl (C=O) groups excluding carboxylic acids is 2. The van der Waals surface area contributed by atoms with Gasteiger partial charge in [0, 0.05) is 17.7 Å². The zero-order chi connectivity index (χ0) is 18.3. The first kappa shape index (κ1) is 18.1. The summed E-state index contributed by atoms with van der Waals surface area (Å²) in [5.74, 6) is -4.24. The monoisotopic (exact) mass is 359 g/mol. The lowest BCUT2D eigenvalue weighted by Gasteiger charge is -2.15. The maximum absolute atomic E-state index is 13.2. The molecule has 0 radical (unpaired) electrons. The molecule has 0 spiro atoms. The second kappa shape index (κ2) is 6.02. The van der Waals surface area contributed by atoms with Gasteiger partial charge in [-0.1, -0.05) is 0 Å². The molecule has 1 aromatic rings. The third-order valence-corrected chi connectivity index (χ3v) is 4.76. The number of hydrogen-bond acceptors (Lipinski definition) is 5. The van der Waals surface area contributed by atoms with Crippen LogP contribution in [-0.2, 0) is 20.8 Å². The van der Waals surface area contributed by atoms with Gasteiger partial charge in [-0.3, -0.25) is 9.59 Å². The average molecular weight is 359 g/mol. The number of nitriles is 1. The van der Waals surface area contributed by atoms with E-state index in [4.69, 9.17) is 5.26 Å². The van der Waals surface area contributed by atoms with Crippen molar-refractivity contribution in [3.63, 3.8) is 0 Å². The number of nitrogens with zero attached hydrogens (tertiary/aromatic N) is 1. The zero-order valence-electron chi connectivity index (χ0n) is 12.4. The molecule has 0 bridgehead atoms. The lowest BCUT2D eigenvalue weighted by Crippen LogP contribution is -2.26. The van der Waals surface area contributed by atoms with Crippen LogP contribution in [0.1, 0.15) is 28.8 Å². The lowest BCUT2D eigenvalue weighted by atomic mass is 9.90. The average Bonchev–Trinajstić information content (AvgIpc) is 3.29. The summed E-state index contributed by atoms with van der Waals surface area (Å²) in [5.41, 5.74) is -2.35. The smallest absolute Gasteiger partial charge is 0.297 e. The number of alkyl halides is 3. The largest absolute Gasteiger partial charge is 0.417 e. The molecule has 0 aliphatic heterocycles. The molecule has 0 aromatic heterocycles. The molecule has 1 saturated carbocycles. The van der Waals surface area contributed by atoms with Gasteiger partial charge in [-0.15, -0.1) is 0 Å². The minimum atomic E-state index is -5.01. The van der Waals surface area contributed by atoms with Crippen molar-refractivity contribution in [1.82, 2.24) is 0 Å². The molecule has 0 N–H and O–H groups in total. The van der Waals surface area contributed by atoms with Crippen molar-refractivity contribution < 1.29 is 31.2 Å². The van der Waals surface area contributed by atoms with Gasteiger partial charge in [-0.05, 0) is 31.0 Å². The Labute approximate surface area is 136 Å². The third-order valence-electron chi connectivity index (χ3n) is 3.65. The first-order valence-corrected chi connectivity index (χ1v) is 8.75. The van der Waals surface area contributed by atoms with E-state index in [1.165, 1.54) is 6.07 Å². The Bertz CT molecular complexity index is 848. The summed E-state index contributed by atoms with van der Waals surface area (Å²) >= 11 is 0. The van der Waals surface area contributed by atoms with E-state index in [2.05, 4.69) is 0 Å². The summed E-state index contributed by atoms with van der Waals surface area (Å²) in [6, 6.07) is 3.36. The van der Waals surface area contributed by atoms with E-state index in [1.54, 1.807) is 0 Å². The molecule has 1 aliphatic rings. The summed E-state index contributed by atoms with van der Waals surface area (Å²) in [7, 11) is -3.92. The van der Waals surface area contributed by atoms with Gasteiger partial charge >= 0.3 is 6.18 Å². The first-order valence-electron chi connectivity index (χ1n) is 6.85. The minimum absolute atomic E-state index is 0.346. The van der Waals surface area contributed by atoms with Gasteiger partial charge in [-0.2, -0.15) is 18.4 Å². The molecule has 9 heteroatoms. The van der Waals surface area contributed by atoms with Crippen LogP contribution in [0.4, 0.5) is 13.2 Å². The fourth-order valence-electron chi connectivity index (χ4n) is 2.21. The number of rotatable bonds is 5. The van der Waals surface area contributed by atoms with Crippen LogP contribution in [0.25, 0.3) is 0 Å². The van der Waals surface area contributed by atoms with Crippen LogP contribution in [0.5, 0.6) is 0 Å². The minimum Gasteiger partial charge on any atom is -0.297 e. The van der Waals surface area contributed by atoms with Crippen LogP contribution in [-0.4, -0.2) is 26.2 Å². The quantitative estimate of drug-likeness (QED) is 0.595. The Morgan fingerprint density at radius 3 is 2.29 bits per heavy atom. The number of Topliss-reactive ketones (excluding diaryl/α,β-unsaturated/α-hetero) is 2. The van der Waals surface area contributed by atoms with Gasteiger partial charge < -0.3 is 0 Å². The van der Waals surface area contributed by atoms with Crippen molar-refractivity contribution in [2.75, 3.05) is 6.26 Å². The second-order valence-corrected chi connectivity index (χ2v) is 7.60.